The van der Waals surface area contributed by atoms with Gasteiger partial charge in [-0.2, -0.15) is 0 Å². The number of rotatable bonds is 4. The molecule has 1 rings (SSSR count). The Bertz CT molecular complexity index is 295. The van der Waals surface area contributed by atoms with Crippen molar-refractivity contribution in [3.63, 3.8) is 0 Å². The molecule has 6 heteroatoms. The lowest BCUT2D eigenvalue weighted by Crippen LogP contribution is -2.49. The lowest BCUT2D eigenvalue weighted by Gasteiger charge is -2.30. The van der Waals surface area contributed by atoms with Crippen molar-refractivity contribution < 1.29 is 19.8 Å². The Kier molecular flexibility index (Phi) is 4.74. The van der Waals surface area contributed by atoms with E-state index in [2.05, 4.69) is 0 Å². The van der Waals surface area contributed by atoms with Crippen LogP contribution in [0.25, 0.3) is 0 Å². The number of amides is 2. The first-order chi connectivity index (χ1) is 8.02. The molecule has 98 valence electrons. The molecule has 0 aromatic rings. The minimum absolute atomic E-state index is 0.0238. The Morgan fingerprint density at radius 1 is 1.47 bits per heavy atom. The van der Waals surface area contributed by atoms with E-state index in [4.69, 9.17) is 10.2 Å². The fraction of sp³-hybridized carbons (Fsp3) is 0.818. The Hall–Kier alpha value is -1.30. The van der Waals surface area contributed by atoms with Gasteiger partial charge < -0.3 is 20.0 Å². The summed E-state index contributed by atoms with van der Waals surface area (Å²) in [6.45, 7) is 4.72. The van der Waals surface area contributed by atoms with Gasteiger partial charge in [0, 0.05) is 19.6 Å². The van der Waals surface area contributed by atoms with Crippen molar-refractivity contribution in [2.45, 2.75) is 26.3 Å². The highest BCUT2D eigenvalue weighted by molar-refractivity contribution is 5.83. The molecule has 0 aromatic heterocycles. The summed E-state index contributed by atoms with van der Waals surface area (Å²) in [4.78, 5) is 26.1. The predicted octanol–water partition coefficient (Wildman–Crippen LogP) is 0.216. The summed E-state index contributed by atoms with van der Waals surface area (Å²) < 4.78 is 0. The number of carbonyl (C=O) groups excluding carboxylic acids is 1. The van der Waals surface area contributed by atoms with Gasteiger partial charge in [-0.3, -0.25) is 0 Å². The molecule has 2 unspecified atom stereocenters. The first kappa shape index (κ1) is 13.8. The second-order valence-electron chi connectivity index (χ2n) is 4.33. The van der Waals surface area contributed by atoms with Crippen LogP contribution in [0.4, 0.5) is 4.79 Å². The normalized spacial score (nSPS) is 23.8. The second kappa shape index (κ2) is 5.86. The number of hydrogen-bond acceptors (Lipinski definition) is 3. The van der Waals surface area contributed by atoms with E-state index >= 15 is 0 Å². The number of aliphatic carboxylic acids is 1. The molecule has 1 aliphatic heterocycles. The molecular formula is C11H20N2O4. The number of carboxylic acids is 1. The number of likely N-dealkylation sites (tertiary alicyclic amines) is 1. The summed E-state index contributed by atoms with van der Waals surface area (Å²) in [6.07, 6.45) is 0.708. The van der Waals surface area contributed by atoms with Gasteiger partial charge in [0.05, 0.1) is 6.61 Å². The van der Waals surface area contributed by atoms with Crippen LogP contribution in [-0.2, 0) is 4.79 Å². The van der Waals surface area contributed by atoms with E-state index in [1.165, 1.54) is 9.80 Å². The fourth-order valence-corrected chi connectivity index (χ4v) is 2.23. The maximum Gasteiger partial charge on any atom is 0.326 e. The molecule has 2 amide bonds. The quantitative estimate of drug-likeness (QED) is 0.741. The second-order valence-corrected chi connectivity index (χ2v) is 4.33. The average Bonchev–Trinajstić information content (AvgIpc) is 2.67. The summed E-state index contributed by atoms with van der Waals surface area (Å²) in [7, 11) is 0. The Balaban J connectivity index is 2.77. The highest BCUT2D eigenvalue weighted by Crippen LogP contribution is 2.25. The first-order valence-electron chi connectivity index (χ1n) is 5.92. The Morgan fingerprint density at radius 3 is 2.59 bits per heavy atom. The average molecular weight is 244 g/mol. The highest BCUT2D eigenvalue weighted by Gasteiger charge is 2.40. The molecule has 0 bridgehead atoms. The van der Waals surface area contributed by atoms with Crippen molar-refractivity contribution in [2.24, 2.45) is 5.92 Å². The monoisotopic (exact) mass is 244 g/mol. The van der Waals surface area contributed by atoms with Gasteiger partial charge in [-0.15, -0.1) is 0 Å². The van der Waals surface area contributed by atoms with Gasteiger partial charge in [0.2, 0.25) is 0 Å². The van der Waals surface area contributed by atoms with E-state index in [0.717, 1.165) is 0 Å². The largest absolute Gasteiger partial charge is 0.480 e. The SMILES string of the molecule is CCN(CCO)C(=O)N1CCC(C)C1C(=O)O. The third-order valence-electron chi connectivity index (χ3n) is 3.22. The summed E-state index contributed by atoms with van der Waals surface area (Å²) >= 11 is 0. The maximum atomic E-state index is 12.1. The van der Waals surface area contributed by atoms with E-state index in [-0.39, 0.29) is 25.1 Å². The molecule has 2 atom stereocenters. The molecule has 6 nitrogen and oxygen atoms in total. The molecule has 0 aliphatic carbocycles. The van der Waals surface area contributed by atoms with Crippen LogP contribution in [0.2, 0.25) is 0 Å². The number of hydrogen-bond donors (Lipinski definition) is 2. The molecule has 1 saturated heterocycles. The Morgan fingerprint density at radius 2 is 2.12 bits per heavy atom. The third-order valence-corrected chi connectivity index (χ3v) is 3.22. The molecule has 1 heterocycles. The molecule has 0 radical (unpaired) electrons. The third kappa shape index (κ3) is 2.88. The van der Waals surface area contributed by atoms with Crippen LogP contribution in [0.15, 0.2) is 0 Å². The maximum absolute atomic E-state index is 12.1. The molecule has 1 fully saturated rings. The zero-order valence-corrected chi connectivity index (χ0v) is 10.3. The van der Waals surface area contributed by atoms with Gasteiger partial charge in [-0.05, 0) is 19.3 Å². The number of aliphatic hydroxyl groups excluding tert-OH is 1. The Labute approximate surface area is 101 Å². The topological polar surface area (TPSA) is 81.1 Å². The number of carboxylic acid groups (broad SMARTS) is 1. The number of carbonyl (C=O) groups is 2. The van der Waals surface area contributed by atoms with Gasteiger partial charge in [0.25, 0.3) is 0 Å². The van der Waals surface area contributed by atoms with Crippen molar-refractivity contribution in [1.29, 1.82) is 0 Å². The lowest BCUT2D eigenvalue weighted by molar-refractivity contribution is -0.142. The summed E-state index contributed by atoms with van der Waals surface area (Å²) in [5.41, 5.74) is 0. The van der Waals surface area contributed by atoms with Crippen molar-refractivity contribution in [3.05, 3.63) is 0 Å². The van der Waals surface area contributed by atoms with Crippen LogP contribution < -0.4 is 0 Å². The van der Waals surface area contributed by atoms with Gasteiger partial charge >= 0.3 is 12.0 Å². The standard InChI is InChI=1S/C11H20N2O4/c1-3-12(6-7-14)11(17)13-5-4-8(2)9(13)10(15)16/h8-9,14H,3-7H2,1-2H3,(H,15,16). The van der Waals surface area contributed by atoms with E-state index < -0.39 is 12.0 Å². The van der Waals surface area contributed by atoms with Gasteiger partial charge in [-0.25, -0.2) is 9.59 Å². The summed E-state index contributed by atoms with van der Waals surface area (Å²) in [6, 6.07) is -1.03. The molecule has 0 aromatic carbocycles. The smallest absolute Gasteiger partial charge is 0.326 e. The van der Waals surface area contributed by atoms with Crippen molar-refractivity contribution >= 4 is 12.0 Å². The molecule has 17 heavy (non-hydrogen) atoms. The zero-order chi connectivity index (χ0) is 13.0. The molecular weight excluding hydrogens is 224 g/mol. The van der Waals surface area contributed by atoms with Crippen molar-refractivity contribution in [2.75, 3.05) is 26.2 Å². The molecule has 0 spiro atoms. The number of urea groups is 1. The van der Waals surface area contributed by atoms with E-state index in [9.17, 15) is 9.59 Å². The van der Waals surface area contributed by atoms with Crippen LogP contribution in [-0.4, -0.2) is 64.3 Å². The summed E-state index contributed by atoms with van der Waals surface area (Å²) in [5, 5.41) is 18.0. The van der Waals surface area contributed by atoms with Crippen LogP contribution in [0.5, 0.6) is 0 Å². The van der Waals surface area contributed by atoms with E-state index in [0.29, 0.717) is 19.5 Å². The zero-order valence-electron chi connectivity index (χ0n) is 10.3. The predicted molar refractivity (Wildman–Crippen MR) is 61.6 cm³/mol. The summed E-state index contributed by atoms with van der Waals surface area (Å²) in [5.74, 6) is -0.979. The van der Waals surface area contributed by atoms with Crippen LogP contribution >= 0.6 is 0 Å². The molecule has 2 N–H and O–H groups in total. The molecule has 0 saturated carbocycles. The van der Waals surface area contributed by atoms with Gasteiger partial charge in [0.1, 0.15) is 6.04 Å². The van der Waals surface area contributed by atoms with Crippen LogP contribution in [0, 0.1) is 5.92 Å². The fourth-order valence-electron chi connectivity index (χ4n) is 2.23. The van der Waals surface area contributed by atoms with Crippen molar-refractivity contribution in [3.8, 4) is 0 Å². The van der Waals surface area contributed by atoms with Crippen LogP contribution in [0.3, 0.4) is 0 Å². The minimum Gasteiger partial charge on any atom is -0.480 e. The minimum atomic E-state index is -0.955. The number of aliphatic hydroxyl groups is 1. The number of nitrogens with zero attached hydrogens (tertiary/aromatic N) is 2. The van der Waals surface area contributed by atoms with Crippen molar-refractivity contribution in [1.82, 2.24) is 9.80 Å². The van der Waals surface area contributed by atoms with Crippen LogP contribution in [0.1, 0.15) is 20.3 Å². The highest BCUT2D eigenvalue weighted by atomic mass is 16.4. The lowest BCUT2D eigenvalue weighted by atomic mass is 10.0. The number of likely N-dealkylation sites (N-methyl/N-ethyl adjacent to an activating group) is 1. The molecule has 1 aliphatic rings. The van der Waals surface area contributed by atoms with E-state index in [1.807, 2.05) is 13.8 Å². The first-order valence-corrected chi connectivity index (χ1v) is 5.92. The van der Waals surface area contributed by atoms with E-state index in [1.54, 1.807) is 0 Å². The van der Waals surface area contributed by atoms with Gasteiger partial charge in [0.15, 0.2) is 0 Å². The van der Waals surface area contributed by atoms with Gasteiger partial charge in [-0.1, -0.05) is 6.92 Å².